The van der Waals surface area contributed by atoms with Crippen LogP contribution in [0, 0.1) is 6.92 Å². The number of aryl methyl sites for hydroxylation is 1. The van der Waals surface area contributed by atoms with Gasteiger partial charge in [0.05, 0.1) is 4.47 Å². The lowest BCUT2D eigenvalue weighted by Crippen LogP contribution is -2.33. The van der Waals surface area contributed by atoms with Crippen molar-refractivity contribution in [2.75, 3.05) is 26.2 Å². The molecule has 0 aliphatic carbocycles. The molecule has 2 rings (SSSR count). The molecule has 1 aromatic carbocycles. The molecule has 0 aromatic heterocycles. The van der Waals surface area contributed by atoms with E-state index in [1.165, 1.54) is 37.9 Å². The van der Waals surface area contributed by atoms with Crippen LogP contribution in [0.3, 0.4) is 0 Å². The van der Waals surface area contributed by atoms with Gasteiger partial charge >= 0.3 is 11.9 Å². The zero-order chi connectivity index (χ0) is 17.2. The first-order valence-corrected chi connectivity index (χ1v) is 8.27. The minimum Gasteiger partial charge on any atom is -0.491 e. The van der Waals surface area contributed by atoms with Gasteiger partial charge in [0.25, 0.3) is 0 Å². The van der Waals surface area contributed by atoms with Crippen LogP contribution in [0.4, 0.5) is 0 Å². The van der Waals surface area contributed by atoms with Crippen molar-refractivity contribution in [3.63, 3.8) is 0 Å². The van der Waals surface area contributed by atoms with Crippen LogP contribution in [0.5, 0.6) is 5.75 Å². The number of hydrogen-bond donors (Lipinski definition) is 2. The number of piperidine rings is 1. The Balaban J connectivity index is 0.000000379. The van der Waals surface area contributed by atoms with Crippen LogP contribution in [0.15, 0.2) is 22.7 Å². The van der Waals surface area contributed by atoms with Crippen molar-refractivity contribution in [3.8, 4) is 5.75 Å². The standard InChI is InChI=1S/C14H20BrNO.C2H2O4/c1-12-5-6-14(13(15)11-12)17-10-9-16-7-3-2-4-8-16;3-1(4)2(5)6/h5-6,11H,2-4,7-10H2,1H3;(H,3,4)(H,5,6). The summed E-state index contributed by atoms with van der Waals surface area (Å²) < 4.78 is 6.86. The summed E-state index contributed by atoms with van der Waals surface area (Å²) in [5, 5.41) is 14.8. The van der Waals surface area contributed by atoms with Crippen molar-refractivity contribution in [3.05, 3.63) is 28.2 Å². The van der Waals surface area contributed by atoms with Crippen molar-refractivity contribution < 1.29 is 24.5 Å². The van der Waals surface area contributed by atoms with Crippen molar-refractivity contribution in [2.24, 2.45) is 0 Å². The summed E-state index contributed by atoms with van der Waals surface area (Å²) in [6.45, 7) is 6.38. The third kappa shape index (κ3) is 7.99. The molecule has 23 heavy (non-hydrogen) atoms. The van der Waals surface area contributed by atoms with Crippen molar-refractivity contribution in [1.82, 2.24) is 4.90 Å². The fraction of sp³-hybridized carbons (Fsp3) is 0.500. The number of nitrogens with zero attached hydrogens (tertiary/aromatic N) is 1. The summed E-state index contributed by atoms with van der Waals surface area (Å²) in [6.07, 6.45) is 4.07. The number of carboxylic acid groups (broad SMARTS) is 2. The Bertz CT molecular complexity index is 517. The Morgan fingerprint density at radius 2 is 1.78 bits per heavy atom. The van der Waals surface area contributed by atoms with E-state index < -0.39 is 11.9 Å². The lowest BCUT2D eigenvalue weighted by molar-refractivity contribution is -0.159. The predicted molar refractivity (Wildman–Crippen MR) is 89.9 cm³/mol. The zero-order valence-electron chi connectivity index (χ0n) is 13.1. The summed E-state index contributed by atoms with van der Waals surface area (Å²) in [5.41, 5.74) is 1.25. The van der Waals surface area contributed by atoms with Gasteiger partial charge in [-0.3, -0.25) is 4.90 Å². The molecule has 0 amide bonds. The lowest BCUT2D eigenvalue weighted by Gasteiger charge is -2.26. The van der Waals surface area contributed by atoms with Crippen LogP contribution in [0.2, 0.25) is 0 Å². The molecule has 0 unspecified atom stereocenters. The van der Waals surface area contributed by atoms with Gasteiger partial charge in [0.15, 0.2) is 0 Å². The molecule has 2 N–H and O–H groups in total. The Morgan fingerprint density at radius 3 is 2.30 bits per heavy atom. The topological polar surface area (TPSA) is 87.1 Å². The van der Waals surface area contributed by atoms with Gasteiger partial charge in [-0.15, -0.1) is 0 Å². The van der Waals surface area contributed by atoms with E-state index in [-0.39, 0.29) is 0 Å². The highest BCUT2D eigenvalue weighted by Crippen LogP contribution is 2.25. The van der Waals surface area contributed by atoms with E-state index in [4.69, 9.17) is 24.5 Å². The van der Waals surface area contributed by atoms with Crippen LogP contribution < -0.4 is 4.74 Å². The third-order valence-corrected chi connectivity index (χ3v) is 4.00. The molecule has 1 aliphatic heterocycles. The van der Waals surface area contributed by atoms with Gasteiger partial charge in [0.2, 0.25) is 0 Å². The molecular formula is C16H22BrNO5. The average molecular weight is 388 g/mol. The molecule has 1 aliphatic rings. The first kappa shape index (κ1) is 19.4. The maximum atomic E-state index is 9.10. The van der Waals surface area contributed by atoms with Crippen LogP contribution in [0.25, 0.3) is 0 Å². The predicted octanol–water partition coefficient (Wildman–Crippen LogP) is 2.78. The maximum absolute atomic E-state index is 9.10. The van der Waals surface area contributed by atoms with Gasteiger partial charge in [0, 0.05) is 6.54 Å². The normalized spacial score (nSPS) is 14.5. The van der Waals surface area contributed by atoms with Gasteiger partial charge in [-0.1, -0.05) is 12.5 Å². The van der Waals surface area contributed by atoms with Gasteiger partial charge in [-0.25, -0.2) is 9.59 Å². The summed E-state index contributed by atoms with van der Waals surface area (Å²) in [7, 11) is 0. The van der Waals surface area contributed by atoms with Crippen LogP contribution in [-0.2, 0) is 9.59 Å². The largest absolute Gasteiger partial charge is 0.491 e. The molecule has 1 saturated heterocycles. The highest BCUT2D eigenvalue weighted by Gasteiger charge is 2.10. The fourth-order valence-electron chi connectivity index (χ4n) is 2.19. The Morgan fingerprint density at radius 1 is 1.17 bits per heavy atom. The number of carboxylic acids is 2. The number of hydrogen-bond acceptors (Lipinski definition) is 4. The second-order valence-corrected chi connectivity index (χ2v) is 6.15. The lowest BCUT2D eigenvalue weighted by atomic mass is 10.1. The first-order valence-electron chi connectivity index (χ1n) is 7.47. The van der Waals surface area contributed by atoms with Gasteiger partial charge in [0.1, 0.15) is 12.4 Å². The third-order valence-electron chi connectivity index (χ3n) is 3.38. The number of likely N-dealkylation sites (tertiary alicyclic amines) is 1. The average Bonchev–Trinajstić information content (AvgIpc) is 2.51. The number of aliphatic carboxylic acids is 2. The summed E-state index contributed by atoms with van der Waals surface area (Å²) in [4.78, 5) is 20.7. The molecule has 1 fully saturated rings. The van der Waals surface area contributed by atoms with Gasteiger partial charge < -0.3 is 14.9 Å². The minimum absolute atomic E-state index is 0.779. The molecular weight excluding hydrogens is 366 g/mol. The Kier molecular flexibility index (Phi) is 8.65. The van der Waals surface area contributed by atoms with Crippen molar-refractivity contribution >= 4 is 27.9 Å². The summed E-state index contributed by atoms with van der Waals surface area (Å²) in [5.74, 6) is -2.70. The maximum Gasteiger partial charge on any atom is 0.414 e. The zero-order valence-corrected chi connectivity index (χ0v) is 14.7. The van der Waals surface area contributed by atoms with E-state index in [2.05, 4.69) is 39.9 Å². The second kappa shape index (κ2) is 10.2. The highest BCUT2D eigenvalue weighted by molar-refractivity contribution is 9.10. The molecule has 0 bridgehead atoms. The van der Waals surface area contributed by atoms with E-state index in [0.29, 0.717) is 0 Å². The Hall–Kier alpha value is -1.60. The van der Waals surface area contributed by atoms with Crippen molar-refractivity contribution in [2.45, 2.75) is 26.2 Å². The van der Waals surface area contributed by atoms with E-state index in [9.17, 15) is 0 Å². The van der Waals surface area contributed by atoms with Crippen LogP contribution in [0.1, 0.15) is 24.8 Å². The number of halogens is 1. The van der Waals surface area contributed by atoms with E-state index in [1.807, 2.05) is 6.07 Å². The number of ether oxygens (including phenoxy) is 1. The second-order valence-electron chi connectivity index (χ2n) is 5.29. The summed E-state index contributed by atoms with van der Waals surface area (Å²) >= 11 is 3.53. The van der Waals surface area contributed by atoms with Crippen LogP contribution in [-0.4, -0.2) is 53.3 Å². The van der Waals surface area contributed by atoms with Gasteiger partial charge in [-0.2, -0.15) is 0 Å². The minimum atomic E-state index is -1.82. The highest BCUT2D eigenvalue weighted by atomic mass is 79.9. The number of rotatable bonds is 4. The van der Waals surface area contributed by atoms with E-state index in [0.717, 1.165) is 23.4 Å². The molecule has 0 spiro atoms. The molecule has 7 heteroatoms. The smallest absolute Gasteiger partial charge is 0.414 e. The van der Waals surface area contributed by atoms with Crippen LogP contribution >= 0.6 is 15.9 Å². The number of benzene rings is 1. The first-order chi connectivity index (χ1) is 10.9. The van der Waals surface area contributed by atoms with E-state index in [1.54, 1.807) is 0 Å². The molecule has 0 saturated carbocycles. The molecule has 1 aromatic rings. The number of carbonyl (C=O) groups is 2. The summed E-state index contributed by atoms with van der Waals surface area (Å²) in [6, 6.07) is 6.22. The molecule has 1 heterocycles. The Labute approximate surface area is 144 Å². The van der Waals surface area contributed by atoms with Crippen molar-refractivity contribution in [1.29, 1.82) is 0 Å². The van der Waals surface area contributed by atoms with Gasteiger partial charge in [-0.05, 0) is 66.5 Å². The van der Waals surface area contributed by atoms with E-state index >= 15 is 0 Å². The molecule has 0 radical (unpaired) electrons. The molecule has 0 atom stereocenters. The molecule has 128 valence electrons. The quantitative estimate of drug-likeness (QED) is 0.772. The molecule has 6 nitrogen and oxygen atoms in total. The fourth-order valence-corrected chi connectivity index (χ4v) is 2.80. The monoisotopic (exact) mass is 387 g/mol. The SMILES string of the molecule is Cc1ccc(OCCN2CCCCC2)c(Br)c1.O=C(O)C(=O)O.